The number of hydrogen-bond donors (Lipinski definition) is 0. The fourth-order valence-electron chi connectivity index (χ4n) is 1.87. The van der Waals surface area contributed by atoms with Crippen molar-refractivity contribution < 1.29 is 4.79 Å². The normalized spacial score (nSPS) is 10.6. The van der Waals surface area contributed by atoms with Gasteiger partial charge in [0.2, 0.25) is 5.78 Å². The van der Waals surface area contributed by atoms with E-state index in [1.54, 1.807) is 24.4 Å². The molecule has 0 aliphatic carbocycles. The van der Waals surface area contributed by atoms with Crippen molar-refractivity contribution in [1.29, 1.82) is 0 Å². The summed E-state index contributed by atoms with van der Waals surface area (Å²) in [5.41, 5.74) is 1.50. The molecular formula is C16H9Cl2NOS. The molecule has 0 radical (unpaired) electrons. The predicted octanol–water partition coefficient (Wildman–Crippen LogP) is 5.35. The molecule has 0 aliphatic heterocycles. The highest BCUT2D eigenvalue weighted by Gasteiger charge is 2.14. The van der Waals surface area contributed by atoms with Crippen LogP contribution >= 0.6 is 34.5 Å². The monoisotopic (exact) mass is 333 g/mol. The molecule has 2 nitrogen and oxygen atoms in total. The maximum absolute atomic E-state index is 12.4. The van der Waals surface area contributed by atoms with E-state index in [4.69, 9.17) is 23.2 Å². The number of carbonyl (C=O) groups is 1. The van der Waals surface area contributed by atoms with Crippen LogP contribution in [0.3, 0.4) is 0 Å². The molecule has 1 heterocycles. The zero-order valence-corrected chi connectivity index (χ0v) is 13.0. The molecule has 0 saturated carbocycles. The first-order valence-electron chi connectivity index (χ1n) is 6.16. The van der Waals surface area contributed by atoms with Crippen LogP contribution in [0.2, 0.25) is 10.0 Å². The lowest BCUT2D eigenvalue weighted by molar-refractivity contribution is 0.104. The molecule has 0 saturated heterocycles. The second-order valence-electron chi connectivity index (χ2n) is 4.35. The van der Waals surface area contributed by atoms with Crippen molar-refractivity contribution in [3.8, 4) is 10.6 Å². The zero-order valence-electron chi connectivity index (χ0n) is 10.7. The second kappa shape index (κ2) is 5.98. The number of carbonyl (C=O) groups excluding carboxylic acids is 1. The summed E-state index contributed by atoms with van der Waals surface area (Å²) in [6.07, 6.45) is 1.60. The van der Waals surface area contributed by atoms with Gasteiger partial charge in [-0.05, 0) is 18.2 Å². The molecular weight excluding hydrogens is 325 g/mol. The lowest BCUT2D eigenvalue weighted by Gasteiger charge is -2.00. The van der Waals surface area contributed by atoms with Crippen molar-refractivity contribution in [2.75, 3.05) is 0 Å². The van der Waals surface area contributed by atoms with Gasteiger partial charge in [0, 0.05) is 17.3 Å². The lowest BCUT2D eigenvalue weighted by atomic mass is 10.1. The van der Waals surface area contributed by atoms with E-state index in [1.165, 1.54) is 11.3 Å². The summed E-state index contributed by atoms with van der Waals surface area (Å²) in [7, 11) is 0. The van der Waals surface area contributed by atoms with Crippen molar-refractivity contribution in [1.82, 2.24) is 4.98 Å². The molecule has 0 bridgehead atoms. The summed E-state index contributed by atoms with van der Waals surface area (Å²) in [5.74, 6) is -0.103. The largest absolute Gasteiger partial charge is 0.288 e. The molecule has 0 fully saturated rings. The Bertz CT molecular complexity index is 799. The van der Waals surface area contributed by atoms with E-state index in [2.05, 4.69) is 4.98 Å². The minimum Gasteiger partial charge on any atom is -0.288 e. The SMILES string of the molecule is O=C(c1ccc(Cl)c(Cl)c1)c1cnc(-c2ccccc2)s1. The van der Waals surface area contributed by atoms with Crippen molar-refractivity contribution >= 4 is 40.3 Å². The number of aromatic nitrogens is 1. The van der Waals surface area contributed by atoms with Gasteiger partial charge in [0.1, 0.15) is 5.01 Å². The topological polar surface area (TPSA) is 30.0 Å². The summed E-state index contributed by atoms with van der Waals surface area (Å²) >= 11 is 13.2. The van der Waals surface area contributed by atoms with Gasteiger partial charge in [0.05, 0.1) is 14.9 Å². The Balaban J connectivity index is 1.92. The number of benzene rings is 2. The van der Waals surface area contributed by atoms with Crippen molar-refractivity contribution in [2.24, 2.45) is 0 Å². The van der Waals surface area contributed by atoms with Gasteiger partial charge in [-0.3, -0.25) is 4.79 Å². The number of ketones is 1. The summed E-state index contributed by atoms with van der Waals surface area (Å²) in [6.45, 7) is 0. The highest BCUT2D eigenvalue weighted by atomic mass is 35.5. The Labute approximate surface area is 136 Å². The van der Waals surface area contributed by atoms with Gasteiger partial charge in [-0.25, -0.2) is 4.98 Å². The van der Waals surface area contributed by atoms with Gasteiger partial charge in [0.15, 0.2) is 0 Å². The second-order valence-corrected chi connectivity index (χ2v) is 6.20. The van der Waals surface area contributed by atoms with Crippen LogP contribution in [0.5, 0.6) is 0 Å². The number of hydrogen-bond acceptors (Lipinski definition) is 3. The fourth-order valence-corrected chi connectivity index (χ4v) is 3.05. The molecule has 2 aromatic carbocycles. The molecule has 0 spiro atoms. The van der Waals surface area contributed by atoms with Gasteiger partial charge in [-0.2, -0.15) is 0 Å². The van der Waals surface area contributed by atoms with E-state index >= 15 is 0 Å². The standard InChI is InChI=1S/C16H9Cl2NOS/c17-12-7-6-11(8-13(12)18)15(20)14-9-19-16(21-14)10-4-2-1-3-5-10/h1-9H. The molecule has 0 N–H and O–H groups in total. The average Bonchev–Trinajstić information content (AvgIpc) is 3.00. The third-order valence-electron chi connectivity index (χ3n) is 2.93. The van der Waals surface area contributed by atoms with Gasteiger partial charge >= 0.3 is 0 Å². The lowest BCUT2D eigenvalue weighted by Crippen LogP contribution is -1.98. The molecule has 0 amide bonds. The summed E-state index contributed by atoms with van der Waals surface area (Å²) in [6, 6.07) is 14.6. The van der Waals surface area contributed by atoms with Gasteiger partial charge in [0.25, 0.3) is 0 Å². The summed E-state index contributed by atoms with van der Waals surface area (Å²) in [5, 5.41) is 1.62. The van der Waals surface area contributed by atoms with E-state index in [0.717, 1.165) is 10.6 Å². The van der Waals surface area contributed by atoms with E-state index in [9.17, 15) is 4.79 Å². The first kappa shape index (κ1) is 14.3. The Morgan fingerprint density at radius 2 is 1.76 bits per heavy atom. The van der Waals surface area contributed by atoms with Crippen LogP contribution in [0.4, 0.5) is 0 Å². The Morgan fingerprint density at radius 1 is 1.00 bits per heavy atom. The van der Waals surface area contributed by atoms with Crippen LogP contribution in [0.15, 0.2) is 54.7 Å². The van der Waals surface area contributed by atoms with Gasteiger partial charge in [-0.15, -0.1) is 11.3 Å². The smallest absolute Gasteiger partial charge is 0.204 e. The van der Waals surface area contributed by atoms with Crippen LogP contribution < -0.4 is 0 Å². The third kappa shape index (κ3) is 3.00. The van der Waals surface area contributed by atoms with E-state index in [0.29, 0.717) is 20.5 Å². The first-order valence-corrected chi connectivity index (χ1v) is 7.73. The highest BCUT2D eigenvalue weighted by Crippen LogP contribution is 2.28. The fraction of sp³-hybridized carbons (Fsp3) is 0. The predicted molar refractivity (Wildman–Crippen MR) is 87.4 cm³/mol. The molecule has 3 rings (SSSR count). The molecule has 0 atom stereocenters. The molecule has 0 aliphatic rings. The van der Waals surface area contributed by atoms with E-state index in [1.807, 2.05) is 30.3 Å². The average molecular weight is 334 g/mol. The molecule has 3 aromatic rings. The minimum atomic E-state index is -0.103. The van der Waals surface area contributed by atoms with E-state index < -0.39 is 0 Å². The van der Waals surface area contributed by atoms with Crippen molar-refractivity contribution in [3.63, 3.8) is 0 Å². The van der Waals surface area contributed by atoms with Crippen molar-refractivity contribution in [2.45, 2.75) is 0 Å². The molecule has 5 heteroatoms. The Hall–Kier alpha value is -1.68. The van der Waals surface area contributed by atoms with Crippen LogP contribution in [0.1, 0.15) is 15.2 Å². The maximum Gasteiger partial charge on any atom is 0.204 e. The number of halogens is 2. The molecule has 1 aromatic heterocycles. The van der Waals surface area contributed by atoms with Crippen LogP contribution in [-0.2, 0) is 0 Å². The van der Waals surface area contributed by atoms with Crippen LogP contribution in [0.25, 0.3) is 10.6 Å². The summed E-state index contributed by atoms with van der Waals surface area (Å²) in [4.78, 5) is 17.3. The van der Waals surface area contributed by atoms with Gasteiger partial charge < -0.3 is 0 Å². The quantitative estimate of drug-likeness (QED) is 0.605. The van der Waals surface area contributed by atoms with Gasteiger partial charge in [-0.1, -0.05) is 53.5 Å². The summed E-state index contributed by atoms with van der Waals surface area (Å²) < 4.78 is 0. The molecule has 104 valence electrons. The van der Waals surface area contributed by atoms with E-state index in [-0.39, 0.29) is 5.78 Å². The van der Waals surface area contributed by atoms with Crippen LogP contribution in [0, 0.1) is 0 Å². The number of thiazole rings is 1. The maximum atomic E-state index is 12.4. The van der Waals surface area contributed by atoms with Crippen molar-refractivity contribution in [3.05, 3.63) is 75.2 Å². The minimum absolute atomic E-state index is 0.103. The molecule has 21 heavy (non-hydrogen) atoms. The Morgan fingerprint density at radius 3 is 2.48 bits per heavy atom. The zero-order chi connectivity index (χ0) is 14.8. The number of nitrogens with zero attached hydrogens (tertiary/aromatic N) is 1. The number of rotatable bonds is 3. The highest BCUT2D eigenvalue weighted by molar-refractivity contribution is 7.17. The first-order chi connectivity index (χ1) is 10.1. The Kier molecular flexibility index (Phi) is 4.06. The third-order valence-corrected chi connectivity index (χ3v) is 4.72. The molecule has 0 unspecified atom stereocenters. The van der Waals surface area contributed by atoms with Crippen LogP contribution in [-0.4, -0.2) is 10.8 Å².